The fraction of sp³-hybridized carbons (Fsp3) is 0.462. The minimum absolute atomic E-state index is 0.103. The van der Waals surface area contributed by atoms with Crippen molar-refractivity contribution in [2.45, 2.75) is 25.4 Å². The highest BCUT2D eigenvalue weighted by atomic mass is 35.5. The monoisotopic (exact) mass is 283 g/mol. The fourth-order valence-corrected chi connectivity index (χ4v) is 2.27. The maximum Gasteiger partial charge on any atom is 0.253 e. The Morgan fingerprint density at radius 1 is 1.47 bits per heavy atom. The SMILES string of the molecule is NNc1ccc(Cl)cc1C(=O)NCC1CCCCO1. The van der Waals surface area contributed by atoms with Gasteiger partial charge in [-0.2, -0.15) is 0 Å². The molecule has 1 aliphatic heterocycles. The molecule has 0 aromatic heterocycles. The molecular formula is C13H18ClN3O2. The number of ether oxygens (including phenoxy) is 1. The van der Waals surface area contributed by atoms with Crippen LogP contribution in [-0.4, -0.2) is 25.2 Å². The highest BCUT2D eigenvalue weighted by molar-refractivity contribution is 6.31. The van der Waals surface area contributed by atoms with Crippen LogP contribution in [0, 0.1) is 0 Å². The molecule has 6 heteroatoms. The number of carbonyl (C=O) groups excluding carboxylic acids is 1. The molecule has 1 atom stereocenters. The van der Waals surface area contributed by atoms with E-state index in [0.717, 1.165) is 25.9 Å². The largest absolute Gasteiger partial charge is 0.376 e. The topological polar surface area (TPSA) is 76.4 Å². The van der Waals surface area contributed by atoms with Gasteiger partial charge < -0.3 is 15.5 Å². The highest BCUT2D eigenvalue weighted by Gasteiger charge is 2.17. The molecular weight excluding hydrogens is 266 g/mol. The molecule has 0 saturated carbocycles. The third-order valence-corrected chi connectivity index (χ3v) is 3.38. The summed E-state index contributed by atoms with van der Waals surface area (Å²) in [6, 6.07) is 4.94. The Balaban J connectivity index is 1.97. The van der Waals surface area contributed by atoms with E-state index in [-0.39, 0.29) is 12.0 Å². The second kappa shape index (κ2) is 6.75. The molecule has 1 fully saturated rings. The van der Waals surface area contributed by atoms with Crippen LogP contribution in [0.3, 0.4) is 0 Å². The third-order valence-electron chi connectivity index (χ3n) is 3.15. The Morgan fingerprint density at radius 3 is 3.00 bits per heavy atom. The number of nitrogen functional groups attached to an aromatic ring is 1. The Morgan fingerprint density at radius 2 is 2.32 bits per heavy atom. The van der Waals surface area contributed by atoms with Crippen LogP contribution in [0.2, 0.25) is 5.02 Å². The number of anilines is 1. The number of hydrogen-bond acceptors (Lipinski definition) is 4. The Labute approximate surface area is 117 Å². The predicted molar refractivity (Wildman–Crippen MR) is 75.2 cm³/mol. The number of halogens is 1. The summed E-state index contributed by atoms with van der Waals surface area (Å²) in [6.07, 6.45) is 3.33. The van der Waals surface area contributed by atoms with Gasteiger partial charge in [-0.05, 0) is 37.5 Å². The molecule has 19 heavy (non-hydrogen) atoms. The quantitative estimate of drug-likeness (QED) is 0.583. The molecule has 0 bridgehead atoms. The lowest BCUT2D eigenvalue weighted by atomic mass is 10.1. The number of nitrogens with one attached hydrogen (secondary N) is 2. The summed E-state index contributed by atoms with van der Waals surface area (Å²) in [5.41, 5.74) is 3.47. The standard InChI is InChI=1S/C13H18ClN3O2/c14-9-4-5-12(17-15)11(7-9)13(18)16-8-10-3-1-2-6-19-10/h4-5,7,10,17H,1-3,6,8,15H2,(H,16,18). The number of nitrogens with two attached hydrogens (primary N) is 1. The highest BCUT2D eigenvalue weighted by Crippen LogP contribution is 2.20. The average molecular weight is 284 g/mol. The van der Waals surface area contributed by atoms with Gasteiger partial charge in [0.25, 0.3) is 5.91 Å². The van der Waals surface area contributed by atoms with E-state index in [1.807, 2.05) is 0 Å². The Hall–Kier alpha value is -1.30. The third kappa shape index (κ3) is 3.83. The van der Waals surface area contributed by atoms with Gasteiger partial charge in [0.1, 0.15) is 0 Å². The van der Waals surface area contributed by atoms with Gasteiger partial charge >= 0.3 is 0 Å². The minimum atomic E-state index is -0.204. The molecule has 1 saturated heterocycles. The summed E-state index contributed by atoms with van der Waals surface area (Å²) in [4.78, 5) is 12.1. The van der Waals surface area contributed by atoms with Crippen LogP contribution in [0.5, 0.6) is 0 Å². The number of carbonyl (C=O) groups is 1. The van der Waals surface area contributed by atoms with E-state index in [2.05, 4.69) is 10.7 Å². The van der Waals surface area contributed by atoms with Gasteiger partial charge in [-0.25, -0.2) is 0 Å². The van der Waals surface area contributed by atoms with E-state index in [9.17, 15) is 4.79 Å². The number of rotatable bonds is 4. The lowest BCUT2D eigenvalue weighted by molar-refractivity contribution is 0.0169. The average Bonchev–Trinajstić information content (AvgIpc) is 2.46. The van der Waals surface area contributed by atoms with Crippen LogP contribution in [0.15, 0.2) is 18.2 Å². The van der Waals surface area contributed by atoms with E-state index in [4.69, 9.17) is 22.2 Å². The van der Waals surface area contributed by atoms with Gasteiger partial charge in [0.2, 0.25) is 0 Å². The van der Waals surface area contributed by atoms with Crippen molar-refractivity contribution in [3.05, 3.63) is 28.8 Å². The van der Waals surface area contributed by atoms with Crippen molar-refractivity contribution in [1.29, 1.82) is 0 Å². The first-order chi connectivity index (χ1) is 9.20. The second-order valence-electron chi connectivity index (χ2n) is 4.53. The molecule has 5 nitrogen and oxygen atoms in total. The van der Waals surface area contributed by atoms with Crippen molar-refractivity contribution in [3.63, 3.8) is 0 Å². The maximum absolute atomic E-state index is 12.1. The first-order valence-electron chi connectivity index (χ1n) is 6.36. The summed E-state index contributed by atoms with van der Waals surface area (Å²) in [6.45, 7) is 1.28. The van der Waals surface area contributed by atoms with Crippen molar-refractivity contribution in [3.8, 4) is 0 Å². The molecule has 0 aliphatic carbocycles. The zero-order valence-electron chi connectivity index (χ0n) is 10.6. The second-order valence-corrected chi connectivity index (χ2v) is 4.97. The number of benzene rings is 1. The molecule has 1 aromatic rings. The van der Waals surface area contributed by atoms with E-state index in [1.54, 1.807) is 18.2 Å². The fourth-order valence-electron chi connectivity index (χ4n) is 2.10. The smallest absolute Gasteiger partial charge is 0.253 e. The summed E-state index contributed by atoms with van der Waals surface area (Å²) < 4.78 is 5.56. The zero-order chi connectivity index (χ0) is 13.7. The number of amides is 1. The van der Waals surface area contributed by atoms with Crippen LogP contribution in [-0.2, 0) is 4.74 Å². The van der Waals surface area contributed by atoms with Gasteiger partial charge in [-0.1, -0.05) is 11.6 Å². The first-order valence-corrected chi connectivity index (χ1v) is 6.74. The maximum atomic E-state index is 12.1. The van der Waals surface area contributed by atoms with Crippen molar-refractivity contribution < 1.29 is 9.53 Å². The molecule has 1 amide bonds. The van der Waals surface area contributed by atoms with E-state index >= 15 is 0 Å². The summed E-state index contributed by atoms with van der Waals surface area (Å²) in [7, 11) is 0. The van der Waals surface area contributed by atoms with Gasteiger partial charge in [-0.3, -0.25) is 10.6 Å². The predicted octanol–water partition coefficient (Wildman–Crippen LogP) is 1.92. The molecule has 1 aromatic carbocycles. The number of hydrogen-bond donors (Lipinski definition) is 3. The molecule has 2 rings (SSSR count). The lowest BCUT2D eigenvalue weighted by Crippen LogP contribution is -2.35. The lowest BCUT2D eigenvalue weighted by Gasteiger charge is -2.23. The van der Waals surface area contributed by atoms with Crippen molar-refractivity contribution in [1.82, 2.24) is 5.32 Å². The van der Waals surface area contributed by atoms with Crippen molar-refractivity contribution in [2.75, 3.05) is 18.6 Å². The Bertz CT molecular complexity index is 448. The van der Waals surface area contributed by atoms with Crippen LogP contribution in [0.1, 0.15) is 29.6 Å². The molecule has 1 heterocycles. The molecule has 4 N–H and O–H groups in total. The zero-order valence-corrected chi connectivity index (χ0v) is 11.4. The van der Waals surface area contributed by atoms with Crippen LogP contribution in [0.4, 0.5) is 5.69 Å². The van der Waals surface area contributed by atoms with Gasteiger partial charge in [-0.15, -0.1) is 0 Å². The normalized spacial score (nSPS) is 18.9. The molecule has 1 unspecified atom stereocenters. The molecule has 0 radical (unpaired) electrons. The van der Waals surface area contributed by atoms with Crippen LogP contribution in [0.25, 0.3) is 0 Å². The minimum Gasteiger partial charge on any atom is -0.376 e. The van der Waals surface area contributed by atoms with Crippen LogP contribution < -0.4 is 16.6 Å². The van der Waals surface area contributed by atoms with E-state index in [0.29, 0.717) is 22.8 Å². The van der Waals surface area contributed by atoms with E-state index in [1.165, 1.54) is 0 Å². The van der Waals surface area contributed by atoms with Gasteiger partial charge in [0.05, 0.1) is 17.4 Å². The summed E-state index contributed by atoms with van der Waals surface area (Å²) in [5.74, 6) is 5.18. The first kappa shape index (κ1) is 14.1. The molecule has 104 valence electrons. The molecule has 0 spiro atoms. The van der Waals surface area contributed by atoms with Crippen molar-refractivity contribution in [2.24, 2.45) is 5.84 Å². The number of hydrazine groups is 1. The van der Waals surface area contributed by atoms with Gasteiger partial charge in [0.15, 0.2) is 0 Å². The Kier molecular flexibility index (Phi) is 5.01. The molecule has 1 aliphatic rings. The summed E-state index contributed by atoms with van der Waals surface area (Å²) in [5, 5.41) is 3.35. The summed E-state index contributed by atoms with van der Waals surface area (Å²) >= 11 is 5.89. The van der Waals surface area contributed by atoms with Gasteiger partial charge in [0, 0.05) is 18.2 Å². The van der Waals surface area contributed by atoms with Crippen molar-refractivity contribution >= 4 is 23.2 Å². The van der Waals surface area contributed by atoms with Crippen LogP contribution >= 0.6 is 11.6 Å². The van der Waals surface area contributed by atoms with E-state index < -0.39 is 0 Å².